The third-order valence-electron chi connectivity index (χ3n) is 5.13. The molecule has 1 aliphatic rings. The van der Waals surface area contributed by atoms with E-state index < -0.39 is 0 Å². The van der Waals surface area contributed by atoms with Gasteiger partial charge in [0.15, 0.2) is 0 Å². The van der Waals surface area contributed by atoms with Crippen LogP contribution < -0.4 is 15.4 Å². The van der Waals surface area contributed by atoms with Gasteiger partial charge in [0, 0.05) is 38.4 Å². The van der Waals surface area contributed by atoms with Crippen LogP contribution in [0.5, 0.6) is 11.5 Å². The van der Waals surface area contributed by atoms with Crippen LogP contribution in [-0.4, -0.2) is 16.8 Å². The maximum Gasteiger partial charge on any atom is 0.256 e. The summed E-state index contributed by atoms with van der Waals surface area (Å²) in [6, 6.07) is 14.5. The van der Waals surface area contributed by atoms with E-state index in [9.17, 15) is 14.0 Å². The van der Waals surface area contributed by atoms with E-state index in [4.69, 9.17) is 4.74 Å². The second kappa shape index (κ2) is 12.3. The number of carbonyl (C=O) groups is 2. The van der Waals surface area contributed by atoms with Crippen molar-refractivity contribution < 1.29 is 21.6 Å². The quantitative estimate of drug-likeness (QED) is 0.402. The molecule has 0 radical (unpaired) electrons. The Hall–Kier alpha value is -4.26. The summed E-state index contributed by atoms with van der Waals surface area (Å²) in [6.45, 7) is 6.08. The molecule has 4 rings (SSSR count). The Labute approximate surface area is 207 Å². The van der Waals surface area contributed by atoms with E-state index in [-0.39, 0.29) is 27.0 Å². The van der Waals surface area contributed by atoms with E-state index in [1.165, 1.54) is 12.1 Å². The fraction of sp³-hybridized carbons (Fsp3) is 0.179. The zero-order valence-corrected chi connectivity index (χ0v) is 20.0. The van der Waals surface area contributed by atoms with Gasteiger partial charge >= 0.3 is 0 Å². The lowest BCUT2D eigenvalue weighted by Gasteiger charge is -2.13. The number of hydrogen-bond donors (Lipinski definition) is 2. The topological polar surface area (TPSA) is 80.3 Å². The van der Waals surface area contributed by atoms with Crippen molar-refractivity contribution in [3.05, 3.63) is 107 Å². The summed E-state index contributed by atoms with van der Waals surface area (Å²) in [4.78, 5) is 29.1. The number of benzene rings is 2. The Balaban J connectivity index is 0.00000167. The number of amides is 2. The van der Waals surface area contributed by atoms with Crippen LogP contribution in [0.25, 0.3) is 0 Å². The summed E-state index contributed by atoms with van der Waals surface area (Å²) < 4.78 is 19.0. The molecule has 2 aromatic carbocycles. The average molecular weight is 478 g/mol. The third-order valence-corrected chi connectivity index (χ3v) is 5.13. The van der Waals surface area contributed by atoms with Gasteiger partial charge in [-0.05, 0) is 49.2 Å². The summed E-state index contributed by atoms with van der Waals surface area (Å²) in [7, 11) is 0. The number of halogens is 1. The molecule has 0 fully saturated rings. The van der Waals surface area contributed by atoms with Gasteiger partial charge in [0.05, 0.1) is 0 Å². The van der Waals surface area contributed by atoms with Crippen molar-refractivity contribution in [2.24, 2.45) is 0 Å². The summed E-state index contributed by atoms with van der Waals surface area (Å²) in [5.41, 5.74) is 2.53. The van der Waals surface area contributed by atoms with Crippen LogP contribution in [0, 0.1) is 12.7 Å². The summed E-state index contributed by atoms with van der Waals surface area (Å²) in [5.74, 6) is 0.534. The van der Waals surface area contributed by atoms with Crippen LogP contribution in [0.2, 0.25) is 0 Å². The van der Waals surface area contributed by atoms with Gasteiger partial charge < -0.3 is 15.4 Å². The molecule has 0 unspecified atom stereocenters. The molecule has 2 N–H and O–H groups in total. The highest BCUT2D eigenvalue weighted by molar-refractivity contribution is 6.05. The van der Waals surface area contributed by atoms with Gasteiger partial charge in [-0.1, -0.05) is 50.3 Å². The van der Waals surface area contributed by atoms with Crippen molar-refractivity contribution in [1.29, 1.82) is 0 Å². The molecule has 1 heterocycles. The van der Waals surface area contributed by atoms with Crippen molar-refractivity contribution in [3.63, 3.8) is 0 Å². The van der Waals surface area contributed by atoms with Crippen LogP contribution in [0.1, 0.15) is 44.6 Å². The molecule has 6 nitrogen and oxygen atoms in total. The van der Waals surface area contributed by atoms with Crippen LogP contribution >= 0.6 is 0 Å². The second-order valence-electron chi connectivity index (χ2n) is 7.47. The van der Waals surface area contributed by atoms with Gasteiger partial charge in [0.2, 0.25) is 0 Å². The van der Waals surface area contributed by atoms with Crippen molar-refractivity contribution in [3.8, 4) is 11.5 Å². The van der Waals surface area contributed by atoms with Crippen LogP contribution in [0.3, 0.4) is 0 Å². The zero-order valence-electron chi connectivity index (χ0n) is 20.0. The summed E-state index contributed by atoms with van der Waals surface area (Å²) >= 11 is 0. The molecule has 0 saturated carbocycles. The minimum absolute atomic E-state index is 0. The molecule has 7 heteroatoms. The third kappa shape index (κ3) is 6.86. The molecule has 0 saturated heterocycles. The zero-order chi connectivity index (χ0) is 25.2. The first-order valence-corrected chi connectivity index (χ1v) is 11.4. The van der Waals surface area contributed by atoms with Gasteiger partial charge in [0.25, 0.3) is 11.8 Å². The Morgan fingerprint density at radius 2 is 1.86 bits per heavy atom. The van der Waals surface area contributed by atoms with E-state index in [1.807, 2.05) is 26.0 Å². The Kier molecular flexibility index (Phi) is 8.89. The summed E-state index contributed by atoms with van der Waals surface area (Å²) in [6.07, 6.45) is 7.80. The van der Waals surface area contributed by atoms with Gasteiger partial charge in [-0.15, -0.1) is 0 Å². The molecule has 2 amide bonds. The Morgan fingerprint density at radius 1 is 1.09 bits per heavy atom. The van der Waals surface area contributed by atoms with Crippen LogP contribution in [0.4, 0.5) is 10.2 Å². The number of aromatic nitrogens is 1. The molecule has 1 aromatic heterocycles. The lowest BCUT2D eigenvalue weighted by Crippen LogP contribution is -2.23. The largest absolute Gasteiger partial charge is 0.457 e. The number of carbonyl (C=O) groups excluding carboxylic acids is 2. The predicted octanol–water partition coefficient (Wildman–Crippen LogP) is 6.59. The molecular weight excluding hydrogens is 445 g/mol. The summed E-state index contributed by atoms with van der Waals surface area (Å²) in [5, 5.41) is 5.59. The second-order valence-corrected chi connectivity index (χ2v) is 7.47. The van der Waals surface area contributed by atoms with Crippen LogP contribution in [0.15, 0.2) is 84.6 Å². The smallest absolute Gasteiger partial charge is 0.256 e. The highest BCUT2D eigenvalue weighted by Crippen LogP contribution is 2.28. The van der Waals surface area contributed by atoms with Gasteiger partial charge in [-0.25, -0.2) is 9.37 Å². The molecule has 3 aromatic rings. The van der Waals surface area contributed by atoms with Crippen molar-refractivity contribution >= 4 is 17.6 Å². The monoisotopic (exact) mass is 477 g/mol. The molecule has 35 heavy (non-hydrogen) atoms. The molecule has 0 bridgehead atoms. The van der Waals surface area contributed by atoms with Crippen molar-refractivity contribution in [2.45, 2.75) is 33.7 Å². The van der Waals surface area contributed by atoms with Crippen molar-refractivity contribution in [1.82, 2.24) is 10.3 Å². The molecule has 0 aliphatic heterocycles. The number of pyridine rings is 1. The molecule has 0 spiro atoms. The minimum atomic E-state index is -0.322. The number of allylic oxidation sites excluding steroid dienone is 2. The molecule has 184 valence electrons. The van der Waals surface area contributed by atoms with Crippen molar-refractivity contribution in [2.75, 3.05) is 5.32 Å². The Bertz CT molecular complexity index is 1260. The Morgan fingerprint density at radius 3 is 2.57 bits per heavy atom. The molecule has 1 aliphatic carbocycles. The van der Waals surface area contributed by atoms with Gasteiger partial charge in [-0.2, -0.15) is 0 Å². The van der Waals surface area contributed by atoms with Gasteiger partial charge in [-0.3, -0.25) is 9.59 Å². The lowest BCUT2D eigenvalue weighted by molar-refractivity contribution is -0.112. The van der Waals surface area contributed by atoms with E-state index >= 15 is 0 Å². The van der Waals surface area contributed by atoms with E-state index in [0.717, 1.165) is 12.0 Å². The lowest BCUT2D eigenvalue weighted by atomic mass is 10.1. The standard InChI is InChI=1S/C26H22FN3O3.C2H6.2H2/c1-17-22(26(32)29-16-18-9-11-20(27)12-10-18)7-4-8-23(17)33-21-13-14-28-24(15-21)30-25(31)19-5-2-3-6-19;1-2;;/h2,4-15H,3,16H2,1H3,(H,29,32)(H,28,30,31);1-2H3;2*1H. The fourth-order valence-electron chi connectivity index (χ4n) is 3.34. The predicted molar refractivity (Wildman–Crippen MR) is 139 cm³/mol. The SMILES string of the molecule is CC.Cc1c(Oc2ccnc(NC(=O)C3=CCC=C3)c2)cccc1C(=O)NCc1ccc(F)cc1.[HH].[HH]. The number of ether oxygens (including phenoxy) is 1. The van der Waals surface area contributed by atoms with Crippen LogP contribution in [-0.2, 0) is 11.3 Å². The number of rotatable bonds is 7. The maximum atomic E-state index is 13.1. The first kappa shape index (κ1) is 25.4. The maximum absolute atomic E-state index is 13.1. The minimum Gasteiger partial charge on any atom is -0.457 e. The highest BCUT2D eigenvalue weighted by atomic mass is 19.1. The number of anilines is 1. The molecular formula is C28H32FN3O3. The number of hydrogen-bond acceptors (Lipinski definition) is 4. The van der Waals surface area contributed by atoms with E-state index in [1.54, 1.807) is 61.7 Å². The highest BCUT2D eigenvalue weighted by Gasteiger charge is 2.14. The van der Waals surface area contributed by atoms with Gasteiger partial charge in [0.1, 0.15) is 23.1 Å². The fourth-order valence-corrected chi connectivity index (χ4v) is 3.34. The first-order chi connectivity index (χ1) is 17.0. The average Bonchev–Trinajstić information content (AvgIpc) is 3.42. The first-order valence-electron chi connectivity index (χ1n) is 11.4. The molecule has 0 atom stereocenters. The number of nitrogens with zero attached hydrogens (tertiary/aromatic N) is 1. The van der Waals surface area contributed by atoms with E-state index in [0.29, 0.717) is 34.0 Å². The van der Waals surface area contributed by atoms with E-state index in [2.05, 4.69) is 15.6 Å². The number of nitrogens with one attached hydrogen (secondary N) is 2. The normalized spacial score (nSPS) is 11.7.